The van der Waals surface area contributed by atoms with Crippen LogP contribution in [0.3, 0.4) is 0 Å². The highest BCUT2D eigenvalue weighted by Crippen LogP contribution is 2.33. The highest BCUT2D eigenvalue weighted by molar-refractivity contribution is 9.10. The summed E-state index contributed by atoms with van der Waals surface area (Å²) in [5.41, 5.74) is 2.09. The number of hydrogen-bond donors (Lipinski definition) is 0. The molecule has 0 saturated heterocycles. The van der Waals surface area contributed by atoms with Crippen molar-refractivity contribution in [2.75, 3.05) is 0 Å². The van der Waals surface area contributed by atoms with Crippen LogP contribution < -0.4 is 0 Å². The van der Waals surface area contributed by atoms with Gasteiger partial charge in [-0.05, 0) is 24.1 Å². The van der Waals surface area contributed by atoms with Gasteiger partial charge >= 0.3 is 0 Å². The quantitative estimate of drug-likeness (QED) is 0.732. The number of nitrogens with zero attached hydrogens (tertiary/aromatic N) is 1. The number of benzene rings is 1. The Kier molecular flexibility index (Phi) is 3.19. The third kappa shape index (κ3) is 1.99. The van der Waals surface area contributed by atoms with Gasteiger partial charge in [-0.1, -0.05) is 46.1 Å². The van der Waals surface area contributed by atoms with Crippen LogP contribution in [0.4, 0.5) is 0 Å². The van der Waals surface area contributed by atoms with Crippen LogP contribution in [-0.2, 0) is 6.42 Å². The zero-order valence-electron chi connectivity index (χ0n) is 8.02. The minimum absolute atomic E-state index is 0.490. The molecule has 4 heteroatoms. The van der Waals surface area contributed by atoms with E-state index in [1.54, 1.807) is 6.20 Å². The van der Waals surface area contributed by atoms with Crippen molar-refractivity contribution in [2.24, 2.45) is 0 Å². The molecule has 0 unspecified atom stereocenters. The molecule has 1 aromatic heterocycles. The molecular weight excluding hydrogens is 297 g/mol. The predicted octanol–water partition coefficient (Wildman–Crippen LogP) is 4.87. The van der Waals surface area contributed by atoms with E-state index in [1.807, 2.05) is 6.07 Å². The van der Waals surface area contributed by atoms with E-state index in [9.17, 15) is 0 Å². The Morgan fingerprint density at radius 1 is 1.33 bits per heavy atom. The van der Waals surface area contributed by atoms with E-state index >= 15 is 0 Å². The van der Waals surface area contributed by atoms with Crippen LogP contribution in [0.25, 0.3) is 10.9 Å². The van der Waals surface area contributed by atoms with Crippen LogP contribution in [0.2, 0.25) is 10.0 Å². The SMILES string of the molecule is CCc1cc(Br)cc2c(Cl)c(Cl)cnc12. The highest BCUT2D eigenvalue weighted by atomic mass is 79.9. The van der Waals surface area contributed by atoms with Gasteiger partial charge in [0.15, 0.2) is 0 Å². The minimum atomic E-state index is 0.490. The van der Waals surface area contributed by atoms with E-state index in [1.165, 1.54) is 0 Å². The number of hydrogen-bond acceptors (Lipinski definition) is 1. The second-order valence-corrected chi connectivity index (χ2v) is 4.94. The molecule has 0 aliphatic heterocycles. The van der Waals surface area contributed by atoms with E-state index in [4.69, 9.17) is 23.2 Å². The highest BCUT2D eigenvalue weighted by Gasteiger charge is 2.09. The van der Waals surface area contributed by atoms with Gasteiger partial charge in [0.2, 0.25) is 0 Å². The van der Waals surface area contributed by atoms with E-state index in [0.717, 1.165) is 27.4 Å². The maximum atomic E-state index is 6.13. The van der Waals surface area contributed by atoms with Crippen molar-refractivity contribution in [2.45, 2.75) is 13.3 Å². The molecular formula is C11H8BrCl2N. The predicted molar refractivity (Wildman–Crippen MR) is 68.8 cm³/mol. The van der Waals surface area contributed by atoms with Gasteiger partial charge in [0.25, 0.3) is 0 Å². The smallest absolute Gasteiger partial charge is 0.0782 e. The summed E-state index contributed by atoms with van der Waals surface area (Å²) in [7, 11) is 0. The van der Waals surface area contributed by atoms with Gasteiger partial charge in [-0.2, -0.15) is 0 Å². The van der Waals surface area contributed by atoms with Crippen LogP contribution in [0.1, 0.15) is 12.5 Å². The first kappa shape index (κ1) is 11.2. The molecule has 78 valence electrons. The van der Waals surface area contributed by atoms with Crippen molar-refractivity contribution in [1.29, 1.82) is 0 Å². The molecule has 0 spiro atoms. The van der Waals surface area contributed by atoms with Crippen LogP contribution >= 0.6 is 39.1 Å². The van der Waals surface area contributed by atoms with E-state index < -0.39 is 0 Å². The number of fused-ring (bicyclic) bond motifs is 1. The molecule has 0 radical (unpaired) electrons. The summed E-state index contributed by atoms with van der Waals surface area (Å²) in [6.45, 7) is 2.09. The van der Waals surface area contributed by atoms with Gasteiger partial charge in [-0.25, -0.2) is 0 Å². The minimum Gasteiger partial charge on any atom is -0.254 e. The molecule has 2 aromatic rings. The van der Waals surface area contributed by atoms with Crippen LogP contribution in [0.5, 0.6) is 0 Å². The topological polar surface area (TPSA) is 12.9 Å². The lowest BCUT2D eigenvalue weighted by atomic mass is 10.1. The zero-order chi connectivity index (χ0) is 11.0. The maximum Gasteiger partial charge on any atom is 0.0782 e. The summed E-state index contributed by atoms with van der Waals surface area (Å²) in [5.74, 6) is 0. The van der Waals surface area contributed by atoms with Crippen molar-refractivity contribution < 1.29 is 0 Å². The van der Waals surface area contributed by atoms with Crippen molar-refractivity contribution in [3.8, 4) is 0 Å². The molecule has 0 atom stereocenters. The molecule has 0 aliphatic rings. The molecule has 15 heavy (non-hydrogen) atoms. The third-order valence-electron chi connectivity index (χ3n) is 2.29. The first-order chi connectivity index (χ1) is 7.13. The van der Waals surface area contributed by atoms with Gasteiger partial charge in [-0.15, -0.1) is 0 Å². The lowest BCUT2D eigenvalue weighted by molar-refractivity contribution is 1.14. The maximum absolute atomic E-state index is 6.13. The van der Waals surface area contributed by atoms with Gasteiger partial charge < -0.3 is 0 Å². The molecule has 1 aromatic carbocycles. The molecule has 1 heterocycles. The first-order valence-electron chi connectivity index (χ1n) is 4.55. The Hall–Kier alpha value is -0.310. The van der Waals surface area contributed by atoms with Gasteiger partial charge in [0.05, 0.1) is 15.6 Å². The standard InChI is InChI=1S/C11H8BrCl2N/c1-2-6-3-7(12)4-8-10(14)9(13)5-15-11(6)8/h3-5H,2H2,1H3. The molecule has 2 rings (SSSR count). The van der Waals surface area contributed by atoms with Crippen molar-refractivity contribution in [3.05, 3.63) is 38.4 Å². The Morgan fingerprint density at radius 2 is 2.07 bits per heavy atom. The second kappa shape index (κ2) is 4.28. The normalized spacial score (nSPS) is 10.9. The Morgan fingerprint density at radius 3 is 2.73 bits per heavy atom. The van der Waals surface area contributed by atoms with Crippen LogP contribution in [0, 0.1) is 0 Å². The van der Waals surface area contributed by atoms with Gasteiger partial charge in [-0.3, -0.25) is 4.98 Å². The fourth-order valence-corrected chi connectivity index (χ4v) is 2.40. The fourth-order valence-electron chi connectivity index (χ4n) is 1.55. The Balaban J connectivity index is 2.89. The molecule has 0 fully saturated rings. The summed E-state index contributed by atoms with van der Waals surface area (Å²) in [6.07, 6.45) is 2.51. The molecule has 0 amide bonds. The number of halogens is 3. The largest absolute Gasteiger partial charge is 0.254 e. The summed E-state index contributed by atoms with van der Waals surface area (Å²) in [4.78, 5) is 4.32. The second-order valence-electron chi connectivity index (χ2n) is 3.23. The summed E-state index contributed by atoms with van der Waals surface area (Å²) < 4.78 is 0.998. The monoisotopic (exact) mass is 303 g/mol. The fraction of sp³-hybridized carbons (Fsp3) is 0.182. The van der Waals surface area contributed by atoms with E-state index in [2.05, 4.69) is 33.9 Å². The first-order valence-corrected chi connectivity index (χ1v) is 6.10. The Bertz CT molecular complexity index is 525. The van der Waals surface area contributed by atoms with Crippen LogP contribution in [-0.4, -0.2) is 4.98 Å². The van der Waals surface area contributed by atoms with E-state index in [-0.39, 0.29) is 0 Å². The van der Waals surface area contributed by atoms with Gasteiger partial charge in [0.1, 0.15) is 0 Å². The lowest BCUT2D eigenvalue weighted by Gasteiger charge is -2.07. The summed E-state index contributed by atoms with van der Waals surface area (Å²) in [5, 5.41) is 1.96. The number of aromatic nitrogens is 1. The van der Waals surface area contributed by atoms with Crippen molar-refractivity contribution in [1.82, 2.24) is 4.98 Å². The van der Waals surface area contributed by atoms with E-state index in [0.29, 0.717) is 10.0 Å². The molecule has 0 aliphatic carbocycles. The summed E-state index contributed by atoms with van der Waals surface area (Å²) >= 11 is 15.5. The molecule has 1 nitrogen and oxygen atoms in total. The van der Waals surface area contributed by atoms with Crippen LogP contribution in [0.15, 0.2) is 22.8 Å². The Labute approximate surface area is 107 Å². The average molecular weight is 305 g/mol. The average Bonchev–Trinajstić information content (AvgIpc) is 2.23. The number of aryl methyl sites for hydroxylation is 1. The number of pyridine rings is 1. The molecule has 0 N–H and O–H groups in total. The van der Waals surface area contributed by atoms with Crippen molar-refractivity contribution in [3.63, 3.8) is 0 Å². The third-order valence-corrected chi connectivity index (χ3v) is 3.54. The van der Waals surface area contributed by atoms with Crippen molar-refractivity contribution >= 4 is 50.0 Å². The zero-order valence-corrected chi connectivity index (χ0v) is 11.1. The molecule has 0 saturated carbocycles. The molecule has 0 bridgehead atoms. The summed E-state index contributed by atoms with van der Waals surface area (Å²) in [6, 6.07) is 4.00. The lowest BCUT2D eigenvalue weighted by Crippen LogP contribution is -1.89. The number of rotatable bonds is 1. The van der Waals surface area contributed by atoms with Gasteiger partial charge in [0, 0.05) is 16.1 Å².